The van der Waals surface area contributed by atoms with Crippen molar-refractivity contribution in [3.05, 3.63) is 28.8 Å². The lowest BCUT2D eigenvalue weighted by atomic mass is 10.2. The van der Waals surface area contributed by atoms with E-state index in [0.29, 0.717) is 30.2 Å². The molecule has 6 heteroatoms. The average Bonchev–Trinajstić information content (AvgIpc) is 2.39. The second-order valence-corrected chi connectivity index (χ2v) is 4.83. The number of ether oxygens (including phenoxy) is 1. The van der Waals surface area contributed by atoms with Gasteiger partial charge in [-0.05, 0) is 37.5 Å². The summed E-state index contributed by atoms with van der Waals surface area (Å²) in [7, 11) is 0. The van der Waals surface area contributed by atoms with Crippen molar-refractivity contribution in [1.29, 1.82) is 0 Å². The third kappa shape index (κ3) is 6.43. The fourth-order valence-electron chi connectivity index (χ4n) is 1.54. The molecule has 0 atom stereocenters. The summed E-state index contributed by atoms with van der Waals surface area (Å²) >= 11 is 5.94. The van der Waals surface area contributed by atoms with E-state index >= 15 is 0 Å². The largest absolute Gasteiger partial charge is 0.482 e. The second-order valence-electron chi connectivity index (χ2n) is 4.42. The molecular weight excluding hydrogens is 282 g/mol. The number of hydrogen-bond acceptors (Lipinski definition) is 3. The van der Waals surface area contributed by atoms with Crippen LogP contribution in [-0.2, 0) is 9.59 Å². The topological polar surface area (TPSA) is 75.6 Å². The predicted molar refractivity (Wildman–Crippen MR) is 76.2 cm³/mol. The number of aryl methyl sites for hydroxylation is 1. The Hall–Kier alpha value is -1.75. The van der Waals surface area contributed by atoms with E-state index in [1.807, 2.05) is 13.0 Å². The molecule has 5 nitrogen and oxygen atoms in total. The molecule has 0 heterocycles. The SMILES string of the molecule is Cc1ccc(Cl)c(OCC(=O)NCCCCC(=O)O)c1. The number of carbonyl (C=O) groups is 2. The number of carboxylic acid groups (broad SMARTS) is 1. The number of benzene rings is 1. The normalized spacial score (nSPS) is 10.1. The van der Waals surface area contributed by atoms with Crippen LogP contribution in [0.1, 0.15) is 24.8 Å². The van der Waals surface area contributed by atoms with Crippen molar-refractivity contribution in [3.63, 3.8) is 0 Å². The lowest BCUT2D eigenvalue weighted by Gasteiger charge is -2.09. The average molecular weight is 300 g/mol. The zero-order chi connectivity index (χ0) is 15.0. The monoisotopic (exact) mass is 299 g/mol. The Kier molecular flexibility index (Phi) is 6.87. The fourth-order valence-corrected chi connectivity index (χ4v) is 1.72. The van der Waals surface area contributed by atoms with Gasteiger partial charge in [-0.2, -0.15) is 0 Å². The zero-order valence-corrected chi connectivity index (χ0v) is 12.1. The van der Waals surface area contributed by atoms with Gasteiger partial charge in [0.15, 0.2) is 6.61 Å². The van der Waals surface area contributed by atoms with Gasteiger partial charge in [0.2, 0.25) is 0 Å². The molecule has 0 aromatic heterocycles. The molecule has 0 fully saturated rings. The van der Waals surface area contributed by atoms with Gasteiger partial charge in [-0.3, -0.25) is 9.59 Å². The highest BCUT2D eigenvalue weighted by atomic mass is 35.5. The second kappa shape index (κ2) is 8.43. The van der Waals surface area contributed by atoms with E-state index in [-0.39, 0.29) is 18.9 Å². The van der Waals surface area contributed by atoms with Crippen LogP contribution >= 0.6 is 11.6 Å². The molecule has 20 heavy (non-hydrogen) atoms. The minimum absolute atomic E-state index is 0.109. The van der Waals surface area contributed by atoms with Crippen LogP contribution in [0.5, 0.6) is 5.75 Å². The molecule has 110 valence electrons. The van der Waals surface area contributed by atoms with Crippen LogP contribution in [0.4, 0.5) is 0 Å². The first-order chi connectivity index (χ1) is 9.49. The molecule has 0 saturated carbocycles. The minimum atomic E-state index is -0.825. The molecule has 0 radical (unpaired) electrons. The first-order valence-corrected chi connectivity index (χ1v) is 6.74. The van der Waals surface area contributed by atoms with Gasteiger partial charge < -0.3 is 15.2 Å². The summed E-state index contributed by atoms with van der Waals surface area (Å²) in [6.45, 7) is 2.24. The summed E-state index contributed by atoms with van der Waals surface area (Å²) in [5.74, 6) is -0.598. The van der Waals surface area contributed by atoms with Gasteiger partial charge in [0.25, 0.3) is 5.91 Å². The van der Waals surface area contributed by atoms with Gasteiger partial charge in [0, 0.05) is 13.0 Å². The van der Waals surface area contributed by atoms with Crippen LogP contribution < -0.4 is 10.1 Å². The summed E-state index contributed by atoms with van der Waals surface area (Å²) in [6.07, 6.45) is 1.29. The Balaban J connectivity index is 2.23. The number of amides is 1. The van der Waals surface area contributed by atoms with Crippen molar-refractivity contribution >= 4 is 23.5 Å². The molecule has 1 rings (SSSR count). The molecule has 1 amide bonds. The number of halogens is 1. The van der Waals surface area contributed by atoms with Crippen LogP contribution in [0.15, 0.2) is 18.2 Å². The highest BCUT2D eigenvalue weighted by molar-refractivity contribution is 6.32. The van der Waals surface area contributed by atoms with Gasteiger partial charge >= 0.3 is 5.97 Å². The van der Waals surface area contributed by atoms with Crippen molar-refractivity contribution in [3.8, 4) is 5.75 Å². The predicted octanol–water partition coefficient (Wildman–Crippen LogP) is 2.40. The molecule has 0 spiro atoms. The molecule has 0 saturated heterocycles. The highest BCUT2D eigenvalue weighted by Crippen LogP contribution is 2.24. The highest BCUT2D eigenvalue weighted by Gasteiger charge is 2.06. The number of aliphatic carboxylic acids is 1. The van der Waals surface area contributed by atoms with Crippen molar-refractivity contribution in [2.24, 2.45) is 0 Å². The van der Waals surface area contributed by atoms with E-state index in [1.54, 1.807) is 12.1 Å². The smallest absolute Gasteiger partial charge is 0.303 e. The molecule has 0 bridgehead atoms. The molecular formula is C14H18ClNO4. The van der Waals surface area contributed by atoms with Crippen LogP contribution in [0.3, 0.4) is 0 Å². The first kappa shape index (κ1) is 16.3. The number of carbonyl (C=O) groups excluding carboxylic acids is 1. The summed E-state index contributed by atoms with van der Waals surface area (Å²) in [6, 6.07) is 5.34. The van der Waals surface area contributed by atoms with Crippen molar-refractivity contribution in [2.75, 3.05) is 13.2 Å². The Morgan fingerprint density at radius 3 is 2.80 bits per heavy atom. The third-order valence-corrected chi connectivity index (χ3v) is 2.90. The molecule has 2 N–H and O–H groups in total. The van der Waals surface area contributed by atoms with Crippen LogP contribution in [0.25, 0.3) is 0 Å². The van der Waals surface area contributed by atoms with E-state index in [2.05, 4.69) is 5.32 Å². The summed E-state index contributed by atoms with van der Waals surface area (Å²) < 4.78 is 5.34. The van der Waals surface area contributed by atoms with Crippen LogP contribution in [0, 0.1) is 6.92 Å². The maximum absolute atomic E-state index is 11.5. The Morgan fingerprint density at radius 2 is 2.10 bits per heavy atom. The van der Waals surface area contributed by atoms with Crippen LogP contribution in [0.2, 0.25) is 5.02 Å². The molecule has 0 unspecified atom stereocenters. The molecule has 0 aliphatic rings. The summed E-state index contributed by atoms with van der Waals surface area (Å²) in [5.41, 5.74) is 0.999. The first-order valence-electron chi connectivity index (χ1n) is 6.36. The standard InChI is InChI=1S/C14H18ClNO4/c1-10-5-6-11(15)12(8-10)20-9-13(17)16-7-3-2-4-14(18)19/h5-6,8H,2-4,7,9H2,1H3,(H,16,17)(H,18,19). The molecule has 1 aromatic rings. The zero-order valence-electron chi connectivity index (χ0n) is 11.3. The maximum Gasteiger partial charge on any atom is 0.303 e. The van der Waals surface area contributed by atoms with Gasteiger partial charge in [-0.1, -0.05) is 17.7 Å². The maximum atomic E-state index is 11.5. The van der Waals surface area contributed by atoms with E-state index in [4.69, 9.17) is 21.4 Å². The van der Waals surface area contributed by atoms with E-state index < -0.39 is 5.97 Å². The Labute approximate surface area is 122 Å². The number of unbranched alkanes of at least 4 members (excludes halogenated alkanes) is 1. The van der Waals surface area contributed by atoms with Gasteiger partial charge in [0.05, 0.1) is 5.02 Å². The van der Waals surface area contributed by atoms with Gasteiger partial charge in [-0.15, -0.1) is 0 Å². The van der Waals surface area contributed by atoms with Crippen molar-refractivity contribution < 1.29 is 19.4 Å². The minimum Gasteiger partial charge on any atom is -0.482 e. The lowest BCUT2D eigenvalue weighted by molar-refractivity contribution is -0.137. The third-order valence-electron chi connectivity index (χ3n) is 2.59. The van der Waals surface area contributed by atoms with Crippen LogP contribution in [-0.4, -0.2) is 30.1 Å². The molecule has 0 aliphatic heterocycles. The Morgan fingerprint density at radius 1 is 1.35 bits per heavy atom. The number of hydrogen-bond donors (Lipinski definition) is 2. The molecule has 0 aliphatic carbocycles. The Bertz CT molecular complexity index is 476. The van der Waals surface area contributed by atoms with E-state index in [1.165, 1.54) is 0 Å². The number of carboxylic acids is 1. The van der Waals surface area contributed by atoms with E-state index in [0.717, 1.165) is 5.56 Å². The van der Waals surface area contributed by atoms with Crippen molar-refractivity contribution in [1.82, 2.24) is 5.32 Å². The molecule has 1 aromatic carbocycles. The van der Waals surface area contributed by atoms with Crippen molar-refractivity contribution in [2.45, 2.75) is 26.2 Å². The number of nitrogens with one attached hydrogen (secondary N) is 1. The summed E-state index contributed by atoms with van der Waals surface area (Å²) in [5, 5.41) is 11.6. The number of rotatable bonds is 8. The lowest BCUT2D eigenvalue weighted by Crippen LogP contribution is -2.29. The fraction of sp³-hybridized carbons (Fsp3) is 0.429. The van der Waals surface area contributed by atoms with E-state index in [9.17, 15) is 9.59 Å². The summed E-state index contributed by atoms with van der Waals surface area (Å²) in [4.78, 5) is 21.8. The van der Waals surface area contributed by atoms with Gasteiger partial charge in [0.1, 0.15) is 5.75 Å². The van der Waals surface area contributed by atoms with Gasteiger partial charge in [-0.25, -0.2) is 0 Å². The quantitative estimate of drug-likeness (QED) is 0.723.